The van der Waals surface area contributed by atoms with Gasteiger partial charge in [0.25, 0.3) is 0 Å². The number of hydrogen-bond acceptors (Lipinski definition) is 3. The Morgan fingerprint density at radius 2 is 1.90 bits per heavy atom. The Hall–Kier alpha value is -2.57. The van der Waals surface area contributed by atoms with Gasteiger partial charge in [-0.1, -0.05) is 24.3 Å². The maximum atomic E-state index is 9.00. The Kier molecular flexibility index (Phi) is 3.24. The van der Waals surface area contributed by atoms with Crippen molar-refractivity contribution in [3.63, 3.8) is 0 Å². The van der Waals surface area contributed by atoms with Gasteiger partial charge in [-0.3, -0.25) is 0 Å². The van der Waals surface area contributed by atoms with Gasteiger partial charge in [0.15, 0.2) is 0 Å². The van der Waals surface area contributed by atoms with Crippen LogP contribution < -0.4 is 0 Å². The molecule has 20 heavy (non-hydrogen) atoms. The molecule has 0 fully saturated rings. The third kappa shape index (κ3) is 2.18. The van der Waals surface area contributed by atoms with Crippen molar-refractivity contribution >= 4 is 11.0 Å². The topological polar surface area (TPSA) is 57.2 Å². The van der Waals surface area contributed by atoms with E-state index in [2.05, 4.69) is 6.07 Å². The standard InChI is InChI=1S/C17H13NO2/c18-11-12-4-6-13(7-5-12)15-2-1-3-17-16(15)10-14(20-17)8-9-19/h1-7,10,19H,8-9H2. The fourth-order valence-corrected chi connectivity index (χ4v) is 2.32. The lowest BCUT2D eigenvalue weighted by atomic mass is 10.0. The van der Waals surface area contributed by atoms with Crippen LogP contribution in [0.1, 0.15) is 11.3 Å². The largest absolute Gasteiger partial charge is 0.461 e. The summed E-state index contributed by atoms with van der Waals surface area (Å²) >= 11 is 0. The molecule has 0 atom stereocenters. The molecular formula is C17H13NO2. The van der Waals surface area contributed by atoms with Crippen molar-refractivity contribution in [1.29, 1.82) is 5.26 Å². The van der Waals surface area contributed by atoms with Gasteiger partial charge >= 0.3 is 0 Å². The summed E-state index contributed by atoms with van der Waals surface area (Å²) in [6.07, 6.45) is 0.515. The summed E-state index contributed by atoms with van der Waals surface area (Å²) in [5.74, 6) is 0.781. The van der Waals surface area contributed by atoms with E-state index in [1.165, 1.54) is 0 Å². The SMILES string of the molecule is N#Cc1ccc(-c2cccc3oc(CCO)cc23)cc1. The van der Waals surface area contributed by atoms with Gasteiger partial charge in [-0.05, 0) is 35.4 Å². The van der Waals surface area contributed by atoms with E-state index in [1.807, 2.05) is 48.5 Å². The maximum absolute atomic E-state index is 9.00. The van der Waals surface area contributed by atoms with Crippen LogP contribution in [0.5, 0.6) is 0 Å². The highest BCUT2D eigenvalue weighted by molar-refractivity contribution is 5.94. The lowest BCUT2D eigenvalue weighted by Crippen LogP contribution is -1.86. The van der Waals surface area contributed by atoms with Gasteiger partial charge in [-0.2, -0.15) is 5.26 Å². The summed E-state index contributed by atoms with van der Waals surface area (Å²) in [6.45, 7) is 0.0754. The van der Waals surface area contributed by atoms with E-state index in [0.717, 1.165) is 27.9 Å². The highest BCUT2D eigenvalue weighted by Crippen LogP contribution is 2.31. The van der Waals surface area contributed by atoms with Crippen molar-refractivity contribution in [2.45, 2.75) is 6.42 Å². The normalized spacial score (nSPS) is 10.6. The molecule has 3 aromatic rings. The van der Waals surface area contributed by atoms with Crippen LogP contribution in [0.3, 0.4) is 0 Å². The zero-order valence-corrected chi connectivity index (χ0v) is 10.8. The van der Waals surface area contributed by atoms with Crippen LogP contribution in [-0.2, 0) is 6.42 Å². The molecule has 2 aromatic carbocycles. The zero-order valence-electron chi connectivity index (χ0n) is 10.8. The number of nitriles is 1. The number of fused-ring (bicyclic) bond motifs is 1. The minimum absolute atomic E-state index is 0.0754. The Morgan fingerprint density at radius 3 is 2.60 bits per heavy atom. The van der Waals surface area contributed by atoms with Crippen molar-refractivity contribution in [2.75, 3.05) is 6.61 Å². The number of furan rings is 1. The molecule has 3 nitrogen and oxygen atoms in total. The Bertz CT molecular complexity index is 779. The van der Waals surface area contributed by atoms with Crippen molar-refractivity contribution in [3.05, 3.63) is 59.9 Å². The molecular weight excluding hydrogens is 250 g/mol. The zero-order chi connectivity index (χ0) is 13.9. The van der Waals surface area contributed by atoms with E-state index in [1.54, 1.807) is 0 Å². The van der Waals surface area contributed by atoms with Crippen LogP contribution in [0.2, 0.25) is 0 Å². The molecule has 0 amide bonds. The number of rotatable bonds is 3. The predicted molar refractivity (Wildman–Crippen MR) is 77.2 cm³/mol. The first-order chi connectivity index (χ1) is 9.81. The monoisotopic (exact) mass is 263 g/mol. The van der Waals surface area contributed by atoms with E-state index in [0.29, 0.717) is 12.0 Å². The van der Waals surface area contributed by atoms with Gasteiger partial charge in [0, 0.05) is 11.8 Å². The summed E-state index contributed by atoms with van der Waals surface area (Å²) in [5.41, 5.74) is 3.58. The van der Waals surface area contributed by atoms with Gasteiger partial charge in [-0.15, -0.1) is 0 Å². The van der Waals surface area contributed by atoms with E-state index >= 15 is 0 Å². The summed E-state index contributed by atoms with van der Waals surface area (Å²) < 4.78 is 5.70. The van der Waals surface area contributed by atoms with Crippen LogP contribution in [-0.4, -0.2) is 11.7 Å². The summed E-state index contributed by atoms with van der Waals surface area (Å²) in [4.78, 5) is 0. The molecule has 0 bridgehead atoms. The molecule has 0 saturated heterocycles. The molecule has 0 aliphatic heterocycles. The second-order valence-electron chi connectivity index (χ2n) is 4.59. The van der Waals surface area contributed by atoms with Crippen LogP contribution in [0.4, 0.5) is 0 Å². The van der Waals surface area contributed by atoms with Crippen LogP contribution in [0, 0.1) is 11.3 Å². The summed E-state index contributed by atoms with van der Waals surface area (Å²) in [5, 5.41) is 18.9. The highest BCUT2D eigenvalue weighted by Gasteiger charge is 2.09. The molecule has 0 radical (unpaired) electrons. The van der Waals surface area contributed by atoms with Gasteiger partial charge in [0.2, 0.25) is 0 Å². The smallest absolute Gasteiger partial charge is 0.134 e. The minimum Gasteiger partial charge on any atom is -0.461 e. The van der Waals surface area contributed by atoms with Gasteiger partial charge in [0.1, 0.15) is 11.3 Å². The van der Waals surface area contributed by atoms with E-state index in [9.17, 15) is 0 Å². The fraction of sp³-hybridized carbons (Fsp3) is 0.118. The lowest BCUT2D eigenvalue weighted by Gasteiger charge is -2.02. The summed E-state index contributed by atoms with van der Waals surface area (Å²) in [7, 11) is 0. The Balaban J connectivity index is 2.12. The van der Waals surface area contributed by atoms with Gasteiger partial charge < -0.3 is 9.52 Å². The van der Waals surface area contributed by atoms with Crippen LogP contribution >= 0.6 is 0 Å². The van der Waals surface area contributed by atoms with Crippen molar-refractivity contribution in [3.8, 4) is 17.2 Å². The van der Waals surface area contributed by atoms with Crippen LogP contribution in [0.15, 0.2) is 52.9 Å². The fourth-order valence-electron chi connectivity index (χ4n) is 2.32. The van der Waals surface area contributed by atoms with Crippen molar-refractivity contribution in [1.82, 2.24) is 0 Å². The Morgan fingerprint density at radius 1 is 1.10 bits per heavy atom. The second kappa shape index (κ2) is 5.20. The number of nitrogens with zero attached hydrogens (tertiary/aromatic N) is 1. The van der Waals surface area contributed by atoms with E-state index in [-0.39, 0.29) is 6.61 Å². The number of benzene rings is 2. The molecule has 0 spiro atoms. The predicted octanol–water partition coefficient (Wildman–Crippen LogP) is 3.51. The Labute approximate surface area is 116 Å². The molecule has 0 saturated carbocycles. The third-order valence-electron chi connectivity index (χ3n) is 3.30. The molecule has 3 heteroatoms. The quantitative estimate of drug-likeness (QED) is 0.786. The third-order valence-corrected chi connectivity index (χ3v) is 3.30. The first-order valence-electron chi connectivity index (χ1n) is 6.44. The first-order valence-corrected chi connectivity index (χ1v) is 6.44. The molecule has 98 valence electrons. The first kappa shape index (κ1) is 12.5. The number of aliphatic hydroxyl groups is 1. The molecule has 0 aliphatic rings. The van der Waals surface area contributed by atoms with Crippen molar-refractivity contribution < 1.29 is 9.52 Å². The minimum atomic E-state index is 0.0754. The molecule has 1 aromatic heterocycles. The molecule has 1 heterocycles. The van der Waals surface area contributed by atoms with Crippen LogP contribution in [0.25, 0.3) is 22.1 Å². The van der Waals surface area contributed by atoms with Gasteiger partial charge in [-0.25, -0.2) is 0 Å². The second-order valence-corrected chi connectivity index (χ2v) is 4.59. The highest BCUT2D eigenvalue weighted by atomic mass is 16.3. The summed E-state index contributed by atoms with van der Waals surface area (Å²) in [6, 6.07) is 17.5. The average molecular weight is 263 g/mol. The number of aliphatic hydroxyl groups excluding tert-OH is 1. The van der Waals surface area contributed by atoms with Crippen molar-refractivity contribution in [2.24, 2.45) is 0 Å². The van der Waals surface area contributed by atoms with E-state index < -0.39 is 0 Å². The molecule has 0 aliphatic carbocycles. The maximum Gasteiger partial charge on any atom is 0.134 e. The molecule has 0 unspecified atom stereocenters. The molecule has 1 N–H and O–H groups in total. The lowest BCUT2D eigenvalue weighted by molar-refractivity contribution is 0.289. The van der Waals surface area contributed by atoms with E-state index in [4.69, 9.17) is 14.8 Å². The average Bonchev–Trinajstić information content (AvgIpc) is 2.90. The molecule has 3 rings (SSSR count). The van der Waals surface area contributed by atoms with Gasteiger partial charge in [0.05, 0.1) is 18.2 Å². The number of hydrogen-bond donors (Lipinski definition) is 1.